The van der Waals surface area contributed by atoms with Crippen molar-refractivity contribution in [2.75, 3.05) is 7.11 Å². The second kappa shape index (κ2) is 5.28. The van der Waals surface area contributed by atoms with E-state index in [1.807, 2.05) is 0 Å². The summed E-state index contributed by atoms with van der Waals surface area (Å²) in [5.74, 6) is -0.750. The Morgan fingerprint density at radius 1 is 1.40 bits per heavy atom. The molecule has 2 rings (SSSR count). The summed E-state index contributed by atoms with van der Waals surface area (Å²) < 4.78 is 43.7. The maximum atomic E-state index is 13.0. The highest BCUT2D eigenvalue weighted by Crippen LogP contribution is 2.37. The van der Waals surface area contributed by atoms with Crippen molar-refractivity contribution in [1.82, 2.24) is 9.97 Å². The highest BCUT2D eigenvalue weighted by Gasteiger charge is 2.34. The monoisotopic (exact) mass is 348 g/mol. The van der Waals surface area contributed by atoms with Crippen molar-refractivity contribution in [1.29, 1.82) is 0 Å². The summed E-state index contributed by atoms with van der Waals surface area (Å²) in [6, 6.07) is 3.69. The quantitative estimate of drug-likeness (QED) is 0.843. The van der Waals surface area contributed by atoms with Gasteiger partial charge in [-0.1, -0.05) is 15.9 Å². The number of hydrogen-bond donors (Lipinski definition) is 1. The standard InChI is InChI=1S/C12H8BrF3N2O2/c1-20-11(19)9-5-17-10(18-9)7-3-2-6(13)4-8(7)12(14,15)16/h2-5H,1H3,(H,17,18). The number of alkyl halides is 3. The third-order valence-electron chi connectivity index (χ3n) is 2.52. The van der Waals surface area contributed by atoms with Crippen molar-refractivity contribution in [2.24, 2.45) is 0 Å². The first-order chi connectivity index (χ1) is 9.32. The Labute approximate surface area is 120 Å². The molecule has 0 spiro atoms. The first-order valence-electron chi connectivity index (χ1n) is 5.33. The molecule has 0 aliphatic heterocycles. The zero-order valence-electron chi connectivity index (χ0n) is 10.1. The molecule has 0 aliphatic rings. The van der Waals surface area contributed by atoms with E-state index in [2.05, 4.69) is 30.6 Å². The van der Waals surface area contributed by atoms with Crippen LogP contribution < -0.4 is 0 Å². The van der Waals surface area contributed by atoms with Crippen LogP contribution in [0.1, 0.15) is 16.1 Å². The number of nitrogens with one attached hydrogen (secondary N) is 1. The number of benzene rings is 1. The third kappa shape index (κ3) is 2.84. The summed E-state index contributed by atoms with van der Waals surface area (Å²) >= 11 is 3.00. The van der Waals surface area contributed by atoms with Crippen LogP contribution >= 0.6 is 15.9 Å². The average Bonchev–Trinajstić information content (AvgIpc) is 2.86. The van der Waals surface area contributed by atoms with Gasteiger partial charge in [0, 0.05) is 10.0 Å². The minimum Gasteiger partial charge on any atom is -0.464 e. The lowest BCUT2D eigenvalue weighted by Gasteiger charge is -2.11. The van der Waals surface area contributed by atoms with Gasteiger partial charge in [-0.15, -0.1) is 0 Å². The SMILES string of the molecule is COC(=O)c1cnc(-c2ccc(Br)cc2C(F)(F)F)[nH]1. The van der Waals surface area contributed by atoms with E-state index in [0.29, 0.717) is 4.47 Å². The number of halogens is 4. The average molecular weight is 349 g/mol. The fourth-order valence-electron chi connectivity index (χ4n) is 1.63. The molecule has 1 aromatic heterocycles. The summed E-state index contributed by atoms with van der Waals surface area (Å²) in [4.78, 5) is 17.6. The Hall–Kier alpha value is -1.83. The molecular formula is C12H8BrF3N2O2. The highest BCUT2D eigenvalue weighted by molar-refractivity contribution is 9.10. The number of methoxy groups -OCH3 is 1. The highest BCUT2D eigenvalue weighted by atomic mass is 79.9. The number of imidazole rings is 1. The number of carbonyl (C=O) groups is 1. The van der Waals surface area contributed by atoms with Crippen molar-refractivity contribution in [3.8, 4) is 11.4 Å². The Morgan fingerprint density at radius 2 is 2.10 bits per heavy atom. The second-order valence-corrected chi connectivity index (χ2v) is 4.74. The topological polar surface area (TPSA) is 55.0 Å². The zero-order valence-corrected chi connectivity index (χ0v) is 11.7. The molecule has 0 amide bonds. The maximum Gasteiger partial charge on any atom is 0.417 e. The fourth-order valence-corrected chi connectivity index (χ4v) is 1.99. The molecule has 0 saturated heterocycles. The smallest absolute Gasteiger partial charge is 0.417 e. The first-order valence-corrected chi connectivity index (χ1v) is 6.12. The molecule has 0 unspecified atom stereocenters. The number of nitrogens with zero attached hydrogens (tertiary/aromatic N) is 1. The van der Waals surface area contributed by atoms with Gasteiger partial charge in [0.15, 0.2) is 0 Å². The van der Waals surface area contributed by atoms with Gasteiger partial charge in [0.1, 0.15) is 11.5 Å². The fraction of sp³-hybridized carbons (Fsp3) is 0.167. The lowest BCUT2D eigenvalue weighted by Crippen LogP contribution is -2.08. The van der Waals surface area contributed by atoms with Gasteiger partial charge in [0.25, 0.3) is 0 Å². The molecule has 8 heteroatoms. The molecule has 1 heterocycles. The molecule has 0 bridgehead atoms. The molecule has 4 nitrogen and oxygen atoms in total. The number of esters is 1. The summed E-state index contributed by atoms with van der Waals surface area (Å²) in [7, 11) is 1.17. The van der Waals surface area contributed by atoms with Crippen molar-refractivity contribution in [3.05, 3.63) is 40.1 Å². The minimum absolute atomic E-state index is 0.0152. The van der Waals surface area contributed by atoms with Crippen LogP contribution in [-0.2, 0) is 10.9 Å². The van der Waals surface area contributed by atoms with Gasteiger partial charge in [0.2, 0.25) is 0 Å². The molecule has 0 saturated carbocycles. The number of H-pyrrole nitrogens is 1. The van der Waals surface area contributed by atoms with Crippen molar-refractivity contribution < 1.29 is 22.7 Å². The molecule has 1 aromatic carbocycles. The second-order valence-electron chi connectivity index (χ2n) is 3.82. The summed E-state index contributed by atoms with van der Waals surface area (Å²) in [6.45, 7) is 0. The first kappa shape index (κ1) is 14.6. The largest absolute Gasteiger partial charge is 0.464 e. The van der Waals surface area contributed by atoms with Crippen LogP contribution in [0.15, 0.2) is 28.9 Å². The molecule has 0 fully saturated rings. The Kier molecular flexibility index (Phi) is 3.85. The predicted octanol–water partition coefficient (Wildman–Crippen LogP) is 3.64. The molecule has 2 aromatic rings. The van der Waals surface area contributed by atoms with Gasteiger partial charge >= 0.3 is 12.1 Å². The predicted molar refractivity (Wildman–Crippen MR) is 68.1 cm³/mol. The van der Waals surface area contributed by atoms with Gasteiger partial charge in [-0.3, -0.25) is 0 Å². The lowest BCUT2D eigenvalue weighted by molar-refractivity contribution is -0.137. The summed E-state index contributed by atoms with van der Waals surface area (Å²) in [5, 5.41) is 0. The van der Waals surface area contributed by atoms with E-state index >= 15 is 0 Å². The van der Waals surface area contributed by atoms with Gasteiger partial charge in [-0.2, -0.15) is 13.2 Å². The van der Waals surface area contributed by atoms with E-state index < -0.39 is 17.7 Å². The lowest BCUT2D eigenvalue weighted by atomic mass is 10.1. The van der Waals surface area contributed by atoms with Crippen LogP contribution in [0.4, 0.5) is 13.2 Å². The van der Waals surface area contributed by atoms with Crippen LogP contribution in [-0.4, -0.2) is 23.0 Å². The minimum atomic E-state index is -4.53. The van der Waals surface area contributed by atoms with Gasteiger partial charge < -0.3 is 9.72 Å². The van der Waals surface area contributed by atoms with Crippen LogP contribution in [0.5, 0.6) is 0 Å². The number of carbonyl (C=O) groups excluding carboxylic acids is 1. The van der Waals surface area contributed by atoms with Crippen molar-refractivity contribution in [3.63, 3.8) is 0 Å². The van der Waals surface area contributed by atoms with E-state index in [9.17, 15) is 18.0 Å². The van der Waals surface area contributed by atoms with Crippen LogP contribution in [0, 0.1) is 0 Å². The normalized spacial score (nSPS) is 11.4. The number of ether oxygens (including phenoxy) is 1. The van der Waals surface area contributed by atoms with Crippen molar-refractivity contribution in [2.45, 2.75) is 6.18 Å². The molecule has 0 radical (unpaired) electrons. The molecule has 20 heavy (non-hydrogen) atoms. The van der Waals surface area contributed by atoms with Crippen LogP contribution in [0.25, 0.3) is 11.4 Å². The van der Waals surface area contributed by atoms with E-state index in [1.165, 1.54) is 19.2 Å². The van der Waals surface area contributed by atoms with E-state index in [0.717, 1.165) is 12.3 Å². The number of aromatic nitrogens is 2. The summed E-state index contributed by atoms with van der Waals surface area (Å²) in [5.41, 5.74) is -1.01. The third-order valence-corrected chi connectivity index (χ3v) is 3.02. The Balaban J connectivity index is 2.53. The van der Waals surface area contributed by atoms with Gasteiger partial charge in [0.05, 0.1) is 18.9 Å². The molecule has 0 atom stereocenters. The maximum absolute atomic E-state index is 13.0. The molecule has 1 N–H and O–H groups in total. The number of aromatic amines is 1. The zero-order chi connectivity index (χ0) is 14.9. The van der Waals surface area contributed by atoms with E-state index in [1.54, 1.807) is 0 Å². The molecular weight excluding hydrogens is 341 g/mol. The Morgan fingerprint density at radius 3 is 2.70 bits per heavy atom. The summed E-state index contributed by atoms with van der Waals surface area (Å²) in [6.07, 6.45) is -3.40. The van der Waals surface area contributed by atoms with Crippen molar-refractivity contribution >= 4 is 21.9 Å². The van der Waals surface area contributed by atoms with Crippen LogP contribution in [0.3, 0.4) is 0 Å². The molecule has 106 valence electrons. The van der Waals surface area contributed by atoms with Gasteiger partial charge in [-0.25, -0.2) is 9.78 Å². The van der Waals surface area contributed by atoms with E-state index in [-0.39, 0.29) is 17.1 Å². The number of hydrogen-bond acceptors (Lipinski definition) is 3. The van der Waals surface area contributed by atoms with E-state index in [4.69, 9.17) is 0 Å². The van der Waals surface area contributed by atoms with Gasteiger partial charge in [-0.05, 0) is 18.2 Å². The Bertz CT molecular complexity index is 652. The number of rotatable bonds is 2. The molecule has 0 aliphatic carbocycles. The van der Waals surface area contributed by atoms with Crippen LogP contribution in [0.2, 0.25) is 0 Å².